The van der Waals surface area contributed by atoms with E-state index in [1.807, 2.05) is 28.6 Å². The van der Waals surface area contributed by atoms with Crippen molar-refractivity contribution in [2.75, 3.05) is 37.7 Å². The highest BCUT2D eigenvalue weighted by atomic mass is 32.1. The number of anilines is 1. The maximum absolute atomic E-state index is 12.9. The van der Waals surface area contributed by atoms with E-state index in [4.69, 9.17) is 4.74 Å². The van der Waals surface area contributed by atoms with Gasteiger partial charge in [0.1, 0.15) is 24.3 Å². The normalized spacial score (nSPS) is 14.8. The van der Waals surface area contributed by atoms with Crippen molar-refractivity contribution in [3.8, 4) is 0 Å². The van der Waals surface area contributed by atoms with Crippen LogP contribution in [0.3, 0.4) is 0 Å². The number of hydrogen-bond donors (Lipinski definition) is 0. The predicted molar refractivity (Wildman–Crippen MR) is 97.7 cm³/mol. The van der Waals surface area contributed by atoms with Crippen LogP contribution in [0.25, 0.3) is 0 Å². The maximum Gasteiger partial charge on any atom is 0.274 e. The van der Waals surface area contributed by atoms with Crippen molar-refractivity contribution in [2.45, 2.75) is 20.4 Å². The highest BCUT2D eigenvalue weighted by molar-refractivity contribution is 7.09. The van der Waals surface area contributed by atoms with Gasteiger partial charge in [-0.1, -0.05) is 13.8 Å². The Labute approximate surface area is 152 Å². The van der Waals surface area contributed by atoms with E-state index in [-0.39, 0.29) is 5.91 Å². The fourth-order valence-electron chi connectivity index (χ4n) is 2.89. The lowest BCUT2D eigenvalue weighted by atomic mass is 10.1. The van der Waals surface area contributed by atoms with Gasteiger partial charge in [0.05, 0.1) is 25.3 Å². The first-order chi connectivity index (χ1) is 12.1. The molecule has 134 valence electrons. The molecule has 1 fully saturated rings. The maximum atomic E-state index is 12.9. The molecule has 0 unspecified atom stereocenters. The summed E-state index contributed by atoms with van der Waals surface area (Å²) in [6.45, 7) is 8.73. The van der Waals surface area contributed by atoms with E-state index in [9.17, 15) is 4.79 Å². The zero-order valence-electron chi connectivity index (χ0n) is 14.8. The fourth-order valence-corrected chi connectivity index (χ4v) is 3.52. The van der Waals surface area contributed by atoms with Gasteiger partial charge in [-0.15, -0.1) is 11.3 Å². The Hall–Kier alpha value is -1.99. The summed E-state index contributed by atoms with van der Waals surface area (Å²) in [5, 5.41) is 2.90. The van der Waals surface area contributed by atoms with Gasteiger partial charge in [-0.05, 0) is 12.0 Å². The Balaban J connectivity index is 1.71. The molecule has 0 saturated carbocycles. The smallest absolute Gasteiger partial charge is 0.274 e. The lowest BCUT2D eigenvalue weighted by Crippen LogP contribution is -2.39. The number of aromatic nitrogens is 2. The van der Waals surface area contributed by atoms with Crippen LogP contribution in [-0.4, -0.2) is 48.6 Å². The first-order valence-corrected chi connectivity index (χ1v) is 9.53. The van der Waals surface area contributed by atoms with Gasteiger partial charge >= 0.3 is 0 Å². The highest BCUT2D eigenvalue weighted by Crippen LogP contribution is 2.15. The largest absolute Gasteiger partial charge is 0.373 e. The Morgan fingerprint density at radius 2 is 2.20 bits per heavy atom. The third-order valence-electron chi connectivity index (χ3n) is 4.08. The summed E-state index contributed by atoms with van der Waals surface area (Å²) in [5.41, 5.74) is 0.675. The van der Waals surface area contributed by atoms with E-state index in [2.05, 4.69) is 28.7 Å². The number of carbonyl (C=O) groups excluding carboxylic acids is 1. The molecular formula is C18H25N4O2S+. The van der Waals surface area contributed by atoms with Gasteiger partial charge in [0.15, 0.2) is 0 Å². The summed E-state index contributed by atoms with van der Waals surface area (Å²) in [6, 6.07) is 3.88. The summed E-state index contributed by atoms with van der Waals surface area (Å²) in [6.07, 6.45) is 3.59. The highest BCUT2D eigenvalue weighted by Gasteiger charge is 2.22. The van der Waals surface area contributed by atoms with Crippen LogP contribution in [0.5, 0.6) is 0 Å². The van der Waals surface area contributed by atoms with E-state index >= 15 is 0 Å². The van der Waals surface area contributed by atoms with E-state index < -0.39 is 0 Å². The molecule has 0 aromatic carbocycles. The monoisotopic (exact) mass is 361 g/mol. The number of hydrogen-bond acceptors (Lipinski definition) is 5. The standard InChI is InChI=1S/C18H24N4O2S/c1-14(2)12-22(13-17-19-5-10-25-17)18(23)15-3-4-16(20-11-15)21-6-8-24-9-7-21/h3-5,10-11,14H,6-9,12-13H2,1-2H3/p+1. The molecule has 2 aromatic rings. The van der Waals surface area contributed by atoms with Gasteiger partial charge in [-0.25, -0.2) is 9.97 Å². The average Bonchev–Trinajstić information content (AvgIpc) is 3.14. The minimum absolute atomic E-state index is 0.0358. The van der Waals surface area contributed by atoms with Gasteiger partial charge in [-0.3, -0.25) is 9.69 Å². The zero-order chi connectivity index (χ0) is 17.6. The van der Waals surface area contributed by atoms with E-state index in [1.54, 1.807) is 17.5 Å². The Morgan fingerprint density at radius 3 is 2.80 bits per heavy atom. The van der Waals surface area contributed by atoms with Crippen LogP contribution in [0.2, 0.25) is 0 Å². The topological polar surface area (TPSA) is 59.8 Å². The molecule has 3 rings (SSSR count). The number of morpholine rings is 1. The van der Waals surface area contributed by atoms with Gasteiger partial charge in [0.2, 0.25) is 0 Å². The molecule has 1 aliphatic heterocycles. The number of nitrogens with one attached hydrogen (secondary N) is 1. The number of aromatic amines is 1. The molecule has 25 heavy (non-hydrogen) atoms. The van der Waals surface area contributed by atoms with E-state index in [0.717, 1.165) is 37.1 Å². The molecule has 0 radical (unpaired) electrons. The number of pyridine rings is 1. The number of nitrogens with zero attached hydrogens (tertiary/aromatic N) is 3. The molecule has 0 atom stereocenters. The summed E-state index contributed by atoms with van der Waals surface area (Å²) < 4.78 is 5.38. The number of H-pyrrole nitrogens is 1. The summed E-state index contributed by atoms with van der Waals surface area (Å²) in [5.74, 6) is 1.46. The lowest BCUT2D eigenvalue weighted by Gasteiger charge is -2.24. The van der Waals surface area contributed by atoms with Crippen LogP contribution in [0.1, 0.15) is 29.2 Å². The van der Waals surface area contributed by atoms with Crippen LogP contribution >= 0.6 is 11.3 Å². The number of thiazole rings is 1. The molecular weight excluding hydrogens is 336 g/mol. The average molecular weight is 361 g/mol. The molecule has 0 spiro atoms. The van der Waals surface area contributed by atoms with Crippen LogP contribution < -0.4 is 9.88 Å². The van der Waals surface area contributed by atoms with Crippen molar-refractivity contribution in [3.63, 3.8) is 0 Å². The second-order valence-electron chi connectivity index (χ2n) is 6.57. The molecule has 1 N–H and O–H groups in total. The van der Waals surface area contributed by atoms with Gasteiger partial charge in [-0.2, -0.15) is 0 Å². The van der Waals surface area contributed by atoms with Gasteiger partial charge in [0.25, 0.3) is 11.7 Å². The number of amides is 1. The minimum Gasteiger partial charge on any atom is -0.373 e. The first kappa shape index (κ1) is 17.8. The van der Waals surface area contributed by atoms with Crippen LogP contribution in [0, 0.1) is 5.92 Å². The Kier molecular flexibility index (Phi) is 5.99. The molecule has 7 heteroatoms. The van der Waals surface area contributed by atoms with Gasteiger partial charge in [0, 0.05) is 24.2 Å². The van der Waals surface area contributed by atoms with Crippen molar-refractivity contribution in [1.29, 1.82) is 0 Å². The lowest BCUT2D eigenvalue weighted by molar-refractivity contribution is -0.364. The number of carbonyl (C=O) groups is 1. The summed E-state index contributed by atoms with van der Waals surface area (Å²) >= 11 is 1.58. The van der Waals surface area contributed by atoms with Gasteiger partial charge < -0.3 is 9.64 Å². The van der Waals surface area contributed by atoms with E-state index in [1.165, 1.54) is 0 Å². The van der Waals surface area contributed by atoms with Crippen molar-refractivity contribution in [1.82, 2.24) is 9.88 Å². The van der Waals surface area contributed by atoms with Crippen LogP contribution in [-0.2, 0) is 11.3 Å². The molecule has 0 bridgehead atoms. The van der Waals surface area contributed by atoms with Crippen molar-refractivity contribution in [3.05, 3.63) is 40.5 Å². The summed E-state index contributed by atoms with van der Waals surface area (Å²) in [4.78, 5) is 24.6. The molecule has 2 aromatic heterocycles. The predicted octanol–water partition coefficient (Wildman–Crippen LogP) is 2.09. The van der Waals surface area contributed by atoms with Crippen molar-refractivity contribution < 1.29 is 14.5 Å². The summed E-state index contributed by atoms with van der Waals surface area (Å²) in [7, 11) is 0. The minimum atomic E-state index is 0.0358. The van der Waals surface area contributed by atoms with Crippen molar-refractivity contribution in [2.24, 2.45) is 5.92 Å². The third-order valence-corrected chi connectivity index (χ3v) is 4.84. The second kappa shape index (κ2) is 8.40. The molecule has 1 amide bonds. The zero-order valence-corrected chi connectivity index (χ0v) is 15.6. The Morgan fingerprint density at radius 1 is 1.40 bits per heavy atom. The van der Waals surface area contributed by atoms with Crippen LogP contribution in [0.4, 0.5) is 5.82 Å². The molecule has 3 heterocycles. The van der Waals surface area contributed by atoms with E-state index in [0.29, 0.717) is 24.6 Å². The number of ether oxygens (including phenoxy) is 1. The first-order valence-electron chi connectivity index (χ1n) is 8.65. The quantitative estimate of drug-likeness (QED) is 0.790. The van der Waals surface area contributed by atoms with Crippen LogP contribution in [0.15, 0.2) is 29.9 Å². The fraction of sp³-hybridized carbons (Fsp3) is 0.500. The number of rotatable bonds is 6. The molecule has 1 aliphatic rings. The Bertz CT molecular complexity index is 667. The van der Waals surface area contributed by atoms with Crippen molar-refractivity contribution >= 4 is 23.1 Å². The molecule has 6 nitrogen and oxygen atoms in total. The molecule has 1 saturated heterocycles. The third kappa shape index (κ3) is 4.76. The molecule has 0 aliphatic carbocycles. The second-order valence-corrected chi connectivity index (χ2v) is 7.55. The SMILES string of the molecule is CC(C)CN(Cc1nccs1)C(=O)c1ccc(N2CCOCC2)[nH+]c1.